The number of hydrogen-bond donors (Lipinski definition) is 0. The van der Waals surface area contributed by atoms with Gasteiger partial charge in [0.1, 0.15) is 0 Å². The van der Waals surface area contributed by atoms with E-state index in [1.54, 1.807) is 13.0 Å². The second-order valence-corrected chi connectivity index (χ2v) is 3.34. The van der Waals surface area contributed by atoms with Crippen molar-refractivity contribution in [1.82, 2.24) is 4.98 Å². The Morgan fingerprint density at radius 2 is 2.36 bits per heavy atom. The molecule has 0 unspecified atom stereocenters. The Balaban J connectivity index is 3.01. The number of carbonyl (C=O) groups excluding carboxylic acids is 1. The van der Waals surface area contributed by atoms with Crippen LogP contribution in [0.2, 0.25) is 0 Å². The molecule has 14 heavy (non-hydrogen) atoms. The van der Waals surface area contributed by atoms with Gasteiger partial charge in [0, 0.05) is 10.7 Å². The molecule has 1 aromatic rings. The third-order valence-electron chi connectivity index (χ3n) is 1.51. The summed E-state index contributed by atoms with van der Waals surface area (Å²) >= 11 is 3.23. The Hall–Kier alpha value is -1.10. The molecule has 0 N–H and O–H groups in total. The third-order valence-corrected chi connectivity index (χ3v) is 1.94. The minimum absolute atomic E-state index is 0.192. The van der Waals surface area contributed by atoms with Gasteiger partial charge < -0.3 is 9.47 Å². The van der Waals surface area contributed by atoms with Gasteiger partial charge >= 0.3 is 5.97 Å². The van der Waals surface area contributed by atoms with Gasteiger partial charge in [0.05, 0.1) is 13.7 Å². The number of carbonyl (C=O) groups is 1. The summed E-state index contributed by atoms with van der Waals surface area (Å²) in [6.45, 7) is 2.06. The Kier molecular flexibility index (Phi) is 3.88. The van der Waals surface area contributed by atoms with Crippen LogP contribution in [-0.4, -0.2) is 24.7 Å². The normalized spacial score (nSPS) is 9.64. The number of nitrogens with zero attached hydrogens (tertiary/aromatic N) is 1. The summed E-state index contributed by atoms with van der Waals surface area (Å²) in [6.07, 6.45) is 1.52. The number of esters is 1. The van der Waals surface area contributed by atoms with Gasteiger partial charge in [-0.15, -0.1) is 0 Å². The molecular formula is C9H10BrNO3. The van der Waals surface area contributed by atoms with Crippen LogP contribution in [0.3, 0.4) is 0 Å². The monoisotopic (exact) mass is 259 g/mol. The molecule has 0 atom stereocenters. The van der Waals surface area contributed by atoms with E-state index < -0.39 is 5.97 Å². The minimum atomic E-state index is -0.475. The van der Waals surface area contributed by atoms with Crippen LogP contribution in [0.1, 0.15) is 17.4 Å². The third kappa shape index (κ3) is 2.45. The first kappa shape index (κ1) is 11.0. The van der Waals surface area contributed by atoms with Crippen LogP contribution in [-0.2, 0) is 4.74 Å². The van der Waals surface area contributed by atoms with E-state index >= 15 is 0 Å². The molecule has 0 spiro atoms. The van der Waals surface area contributed by atoms with E-state index in [1.807, 2.05) is 0 Å². The molecule has 0 fully saturated rings. The number of methoxy groups -OCH3 is 1. The highest BCUT2D eigenvalue weighted by Crippen LogP contribution is 2.21. The van der Waals surface area contributed by atoms with Gasteiger partial charge in [0.2, 0.25) is 0 Å². The van der Waals surface area contributed by atoms with Gasteiger partial charge in [-0.25, -0.2) is 9.78 Å². The smallest absolute Gasteiger partial charge is 0.360 e. The largest absolute Gasteiger partial charge is 0.494 e. The van der Waals surface area contributed by atoms with Crippen molar-refractivity contribution in [2.24, 2.45) is 0 Å². The first-order valence-electron chi connectivity index (χ1n) is 4.05. The van der Waals surface area contributed by atoms with Gasteiger partial charge in [-0.2, -0.15) is 0 Å². The van der Waals surface area contributed by atoms with Gasteiger partial charge in [0.15, 0.2) is 11.4 Å². The lowest BCUT2D eigenvalue weighted by molar-refractivity contribution is 0.0515. The molecule has 0 aliphatic heterocycles. The maximum atomic E-state index is 11.4. The van der Waals surface area contributed by atoms with Gasteiger partial charge in [-0.1, -0.05) is 0 Å². The second-order valence-electron chi connectivity index (χ2n) is 2.42. The van der Waals surface area contributed by atoms with Crippen molar-refractivity contribution in [3.63, 3.8) is 0 Å². The number of halogens is 1. The highest BCUT2D eigenvalue weighted by molar-refractivity contribution is 9.10. The summed E-state index contributed by atoms with van der Waals surface area (Å²) in [5.41, 5.74) is 0.192. The molecular weight excluding hydrogens is 250 g/mol. The number of pyridine rings is 1. The lowest BCUT2D eigenvalue weighted by atomic mass is 10.3. The van der Waals surface area contributed by atoms with Gasteiger partial charge in [0.25, 0.3) is 0 Å². The molecule has 0 aromatic carbocycles. The van der Waals surface area contributed by atoms with Crippen molar-refractivity contribution in [2.75, 3.05) is 13.7 Å². The first-order valence-corrected chi connectivity index (χ1v) is 4.85. The topological polar surface area (TPSA) is 48.4 Å². The van der Waals surface area contributed by atoms with E-state index in [2.05, 4.69) is 20.9 Å². The fourth-order valence-electron chi connectivity index (χ4n) is 0.929. The minimum Gasteiger partial charge on any atom is -0.494 e. The van der Waals surface area contributed by atoms with E-state index in [1.165, 1.54) is 13.3 Å². The average Bonchev–Trinajstić information content (AvgIpc) is 2.17. The summed E-state index contributed by atoms with van der Waals surface area (Å²) in [6, 6.07) is 1.67. The van der Waals surface area contributed by atoms with Crippen LogP contribution < -0.4 is 4.74 Å². The molecule has 4 nitrogen and oxygen atoms in total. The number of rotatable bonds is 3. The summed E-state index contributed by atoms with van der Waals surface area (Å²) in [4.78, 5) is 15.3. The lowest BCUT2D eigenvalue weighted by Gasteiger charge is -2.06. The molecule has 5 heteroatoms. The molecule has 0 bridgehead atoms. The standard InChI is InChI=1S/C9H10BrNO3/c1-3-14-9(12)8-7(13-2)4-6(10)5-11-8/h4-5H,3H2,1-2H3. The molecule has 0 radical (unpaired) electrons. The molecule has 1 rings (SSSR count). The fourth-order valence-corrected chi connectivity index (χ4v) is 1.24. The quantitative estimate of drug-likeness (QED) is 0.780. The van der Waals surface area contributed by atoms with Crippen LogP contribution in [0.25, 0.3) is 0 Å². The van der Waals surface area contributed by atoms with Crippen LogP contribution in [0.4, 0.5) is 0 Å². The lowest BCUT2D eigenvalue weighted by Crippen LogP contribution is -2.08. The molecule has 76 valence electrons. The van der Waals surface area contributed by atoms with E-state index in [0.29, 0.717) is 12.4 Å². The van der Waals surface area contributed by atoms with E-state index in [9.17, 15) is 4.79 Å². The van der Waals surface area contributed by atoms with Crippen LogP contribution in [0, 0.1) is 0 Å². The maximum Gasteiger partial charge on any atom is 0.360 e. The van der Waals surface area contributed by atoms with Crippen molar-refractivity contribution in [1.29, 1.82) is 0 Å². The van der Waals surface area contributed by atoms with E-state index in [-0.39, 0.29) is 5.69 Å². The van der Waals surface area contributed by atoms with Crippen molar-refractivity contribution < 1.29 is 14.3 Å². The summed E-state index contributed by atoms with van der Waals surface area (Å²) in [5.74, 6) is -0.0744. The predicted molar refractivity (Wildman–Crippen MR) is 54.4 cm³/mol. The van der Waals surface area contributed by atoms with Gasteiger partial charge in [-0.05, 0) is 28.9 Å². The Morgan fingerprint density at radius 1 is 1.64 bits per heavy atom. The molecule has 0 saturated heterocycles. The SMILES string of the molecule is CCOC(=O)c1ncc(Br)cc1OC. The van der Waals surface area contributed by atoms with Gasteiger partial charge in [-0.3, -0.25) is 0 Å². The average molecular weight is 260 g/mol. The van der Waals surface area contributed by atoms with Crippen LogP contribution in [0.15, 0.2) is 16.7 Å². The number of ether oxygens (including phenoxy) is 2. The zero-order valence-electron chi connectivity index (χ0n) is 7.91. The first-order chi connectivity index (χ1) is 6.69. The summed E-state index contributed by atoms with van der Waals surface area (Å²) < 4.78 is 10.6. The Bertz CT molecular complexity index is 341. The Morgan fingerprint density at radius 3 is 2.93 bits per heavy atom. The predicted octanol–water partition coefficient (Wildman–Crippen LogP) is 2.03. The second kappa shape index (κ2) is 4.95. The summed E-state index contributed by atoms with van der Waals surface area (Å²) in [5, 5.41) is 0. The van der Waals surface area contributed by atoms with Crippen molar-refractivity contribution >= 4 is 21.9 Å². The molecule has 0 amide bonds. The molecule has 1 aromatic heterocycles. The molecule has 0 aliphatic carbocycles. The molecule has 1 heterocycles. The highest BCUT2D eigenvalue weighted by atomic mass is 79.9. The zero-order valence-corrected chi connectivity index (χ0v) is 9.50. The summed E-state index contributed by atoms with van der Waals surface area (Å²) in [7, 11) is 1.48. The fraction of sp³-hybridized carbons (Fsp3) is 0.333. The Labute approximate surface area is 90.4 Å². The van der Waals surface area contributed by atoms with Crippen molar-refractivity contribution in [3.8, 4) is 5.75 Å². The van der Waals surface area contributed by atoms with Crippen molar-refractivity contribution in [3.05, 3.63) is 22.4 Å². The highest BCUT2D eigenvalue weighted by Gasteiger charge is 2.14. The van der Waals surface area contributed by atoms with E-state index in [4.69, 9.17) is 9.47 Å². The molecule has 0 aliphatic rings. The number of hydrogen-bond acceptors (Lipinski definition) is 4. The van der Waals surface area contributed by atoms with E-state index in [0.717, 1.165) is 4.47 Å². The molecule has 0 saturated carbocycles. The van der Waals surface area contributed by atoms with Crippen LogP contribution >= 0.6 is 15.9 Å². The zero-order chi connectivity index (χ0) is 10.6. The number of aromatic nitrogens is 1. The maximum absolute atomic E-state index is 11.4. The van der Waals surface area contributed by atoms with Crippen molar-refractivity contribution in [2.45, 2.75) is 6.92 Å². The van der Waals surface area contributed by atoms with Crippen LogP contribution in [0.5, 0.6) is 5.75 Å².